The van der Waals surface area contributed by atoms with Gasteiger partial charge in [-0.15, -0.1) is 0 Å². The molecule has 0 atom stereocenters. The van der Waals surface area contributed by atoms with E-state index in [1.165, 1.54) is 0 Å². The number of ether oxygens (including phenoxy) is 1. The third-order valence-corrected chi connectivity index (χ3v) is 4.15. The fraction of sp³-hybridized carbons (Fsp3) is 0.278. The van der Waals surface area contributed by atoms with Crippen LogP contribution in [-0.4, -0.2) is 40.7 Å². The average molecular weight is 354 g/mol. The van der Waals surface area contributed by atoms with Crippen LogP contribution in [0.4, 0.5) is 17.5 Å². The van der Waals surface area contributed by atoms with Crippen molar-refractivity contribution in [1.82, 2.24) is 14.5 Å². The Balaban J connectivity index is 1.69. The van der Waals surface area contributed by atoms with Gasteiger partial charge in [-0.25, -0.2) is 9.78 Å². The molecule has 3 aromatic rings. The molecule has 0 spiro atoms. The zero-order valence-corrected chi connectivity index (χ0v) is 14.8. The van der Waals surface area contributed by atoms with Gasteiger partial charge in [-0.1, -0.05) is 0 Å². The van der Waals surface area contributed by atoms with Crippen LogP contribution in [0.15, 0.2) is 36.5 Å². The van der Waals surface area contributed by atoms with Gasteiger partial charge >= 0.3 is 5.97 Å². The molecule has 26 heavy (non-hydrogen) atoms. The van der Waals surface area contributed by atoms with Gasteiger partial charge in [0.2, 0.25) is 5.95 Å². The number of nitrogens with zero attached hydrogens (tertiary/aromatic N) is 4. The second-order valence-corrected chi connectivity index (χ2v) is 5.90. The van der Waals surface area contributed by atoms with Crippen LogP contribution in [0.3, 0.4) is 0 Å². The summed E-state index contributed by atoms with van der Waals surface area (Å²) in [5, 5.41) is 0. The Morgan fingerprint density at radius 2 is 1.92 bits per heavy atom. The summed E-state index contributed by atoms with van der Waals surface area (Å²) in [7, 11) is 1.99. The molecule has 1 aromatic carbocycles. The summed E-state index contributed by atoms with van der Waals surface area (Å²) in [5.74, 6) is 0.237. The Bertz CT molecular complexity index is 919. The number of fused-ring (bicyclic) bond motifs is 1. The van der Waals surface area contributed by atoms with E-state index in [1.807, 2.05) is 36.0 Å². The number of esters is 1. The van der Waals surface area contributed by atoms with Crippen LogP contribution in [0.5, 0.6) is 0 Å². The highest BCUT2D eigenvalue weighted by molar-refractivity contribution is 5.89. The summed E-state index contributed by atoms with van der Waals surface area (Å²) in [5.41, 5.74) is 14.7. The monoisotopic (exact) mass is 354 g/mol. The summed E-state index contributed by atoms with van der Waals surface area (Å²) in [6.07, 6.45) is 1.92. The van der Waals surface area contributed by atoms with Crippen molar-refractivity contribution in [1.29, 1.82) is 0 Å². The zero-order valence-electron chi connectivity index (χ0n) is 14.8. The molecule has 0 radical (unpaired) electrons. The number of benzene rings is 1. The summed E-state index contributed by atoms with van der Waals surface area (Å²) in [4.78, 5) is 22.0. The fourth-order valence-corrected chi connectivity index (χ4v) is 2.79. The number of carbonyl (C=O) groups is 1. The lowest BCUT2D eigenvalue weighted by Crippen LogP contribution is -2.22. The SMILES string of the molecule is CCOC(=O)c1ccc(N(C)CCn2ccc3nc(N)nc(N)c32)cc1. The van der Waals surface area contributed by atoms with Gasteiger partial charge in [0.15, 0.2) is 5.82 Å². The van der Waals surface area contributed by atoms with Crippen LogP contribution < -0.4 is 16.4 Å². The van der Waals surface area contributed by atoms with Gasteiger partial charge in [0.25, 0.3) is 0 Å². The molecule has 0 fully saturated rings. The summed E-state index contributed by atoms with van der Waals surface area (Å²) >= 11 is 0. The van der Waals surface area contributed by atoms with Crippen LogP contribution in [-0.2, 0) is 11.3 Å². The zero-order chi connectivity index (χ0) is 18.7. The van der Waals surface area contributed by atoms with Gasteiger partial charge in [-0.05, 0) is 37.3 Å². The average Bonchev–Trinajstić information content (AvgIpc) is 3.03. The highest BCUT2D eigenvalue weighted by Crippen LogP contribution is 2.21. The number of nitrogen functional groups attached to an aromatic ring is 2. The van der Waals surface area contributed by atoms with Crippen molar-refractivity contribution in [2.75, 3.05) is 36.6 Å². The number of rotatable bonds is 6. The third kappa shape index (κ3) is 3.53. The first-order valence-corrected chi connectivity index (χ1v) is 8.35. The maximum absolute atomic E-state index is 11.7. The van der Waals surface area contributed by atoms with E-state index in [9.17, 15) is 4.79 Å². The topological polar surface area (TPSA) is 112 Å². The van der Waals surface area contributed by atoms with Gasteiger partial charge in [0.05, 0.1) is 17.7 Å². The molecular formula is C18H22N6O2. The lowest BCUT2D eigenvalue weighted by atomic mass is 10.2. The smallest absolute Gasteiger partial charge is 0.338 e. The van der Waals surface area contributed by atoms with Gasteiger partial charge in [-0.3, -0.25) is 0 Å². The van der Waals surface area contributed by atoms with E-state index >= 15 is 0 Å². The van der Waals surface area contributed by atoms with Crippen LogP contribution in [0.1, 0.15) is 17.3 Å². The Morgan fingerprint density at radius 3 is 2.62 bits per heavy atom. The van der Waals surface area contributed by atoms with Crippen LogP contribution >= 0.6 is 0 Å². The molecule has 4 N–H and O–H groups in total. The van der Waals surface area contributed by atoms with Gasteiger partial charge in [-0.2, -0.15) is 4.98 Å². The summed E-state index contributed by atoms with van der Waals surface area (Å²) in [6, 6.07) is 9.21. The first-order valence-electron chi connectivity index (χ1n) is 8.35. The molecule has 2 aromatic heterocycles. The third-order valence-electron chi connectivity index (χ3n) is 4.15. The number of carbonyl (C=O) groups excluding carboxylic acids is 1. The van der Waals surface area contributed by atoms with Crippen LogP contribution in [0.25, 0.3) is 11.0 Å². The van der Waals surface area contributed by atoms with Crippen LogP contribution in [0, 0.1) is 0 Å². The highest BCUT2D eigenvalue weighted by atomic mass is 16.5. The number of likely N-dealkylation sites (N-methyl/N-ethyl adjacent to an activating group) is 1. The highest BCUT2D eigenvalue weighted by Gasteiger charge is 2.11. The predicted molar refractivity (Wildman–Crippen MR) is 102 cm³/mol. The number of hydrogen-bond acceptors (Lipinski definition) is 7. The molecule has 0 aliphatic heterocycles. The lowest BCUT2D eigenvalue weighted by Gasteiger charge is -2.20. The molecule has 0 saturated carbocycles. The van der Waals surface area contributed by atoms with E-state index < -0.39 is 0 Å². The minimum Gasteiger partial charge on any atom is -0.462 e. The molecule has 0 saturated heterocycles. The molecule has 2 heterocycles. The van der Waals surface area contributed by atoms with E-state index in [2.05, 4.69) is 14.9 Å². The van der Waals surface area contributed by atoms with Crippen LogP contribution in [0.2, 0.25) is 0 Å². The molecule has 8 nitrogen and oxygen atoms in total. The molecule has 0 amide bonds. The van der Waals surface area contributed by atoms with Crippen molar-refractivity contribution in [3.8, 4) is 0 Å². The van der Waals surface area contributed by atoms with E-state index in [0.29, 0.717) is 24.5 Å². The Morgan fingerprint density at radius 1 is 1.19 bits per heavy atom. The van der Waals surface area contributed by atoms with E-state index in [0.717, 1.165) is 23.3 Å². The first kappa shape index (κ1) is 17.5. The van der Waals surface area contributed by atoms with Crippen molar-refractivity contribution in [3.63, 3.8) is 0 Å². The Kier molecular flexibility index (Phi) is 4.92. The largest absolute Gasteiger partial charge is 0.462 e. The number of nitrogens with two attached hydrogens (primary N) is 2. The molecule has 0 aliphatic rings. The standard InChI is InChI=1S/C18H22N6O2/c1-3-26-17(25)12-4-6-13(7-5-12)23(2)10-11-24-9-8-14-15(24)16(19)22-18(20)21-14/h4-9H,3,10-11H2,1-2H3,(H4,19,20,21,22). The van der Waals surface area contributed by atoms with Gasteiger partial charge < -0.3 is 25.7 Å². The lowest BCUT2D eigenvalue weighted by molar-refractivity contribution is 0.0526. The van der Waals surface area contributed by atoms with E-state index in [1.54, 1.807) is 19.1 Å². The van der Waals surface area contributed by atoms with Crippen molar-refractivity contribution >= 4 is 34.5 Å². The number of hydrogen-bond donors (Lipinski definition) is 2. The normalized spacial score (nSPS) is 10.8. The summed E-state index contributed by atoms with van der Waals surface area (Å²) < 4.78 is 7.00. The molecule has 3 rings (SSSR count). The molecule has 0 unspecified atom stereocenters. The van der Waals surface area contributed by atoms with Crippen molar-refractivity contribution in [2.45, 2.75) is 13.5 Å². The van der Waals surface area contributed by atoms with Gasteiger partial charge in [0, 0.05) is 32.0 Å². The fourth-order valence-electron chi connectivity index (χ4n) is 2.79. The minimum atomic E-state index is -0.310. The van der Waals surface area contributed by atoms with Crippen molar-refractivity contribution in [2.24, 2.45) is 0 Å². The van der Waals surface area contributed by atoms with Crippen molar-refractivity contribution in [3.05, 3.63) is 42.1 Å². The first-order chi connectivity index (χ1) is 12.5. The molecular weight excluding hydrogens is 332 g/mol. The molecule has 0 bridgehead atoms. The second kappa shape index (κ2) is 7.30. The molecule has 0 aliphatic carbocycles. The maximum atomic E-state index is 11.7. The van der Waals surface area contributed by atoms with E-state index in [4.69, 9.17) is 16.2 Å². The van der Waals surface area contributed by atoms with E-state index in [-0.39, 0.29) is 11.9 Å². The summed E-state index contributed by atoms with van der Waals surface area (Å²) in [6.45, 7) is 3.60. The molecule has 8 heteroatoms. The maximum Gasteiger partial charge on any atom is 0.338 e. The van der Waals surface area contributed by atoms with Crippen molar-refractivity contribution < 1.29 is 9.53 Å². The Labute approximate surface area is 151 Å². The number of aromatic nitrogens is 3. The molecule has 136 valence electrons. The van der Waals surface area contributed by atoms with Gasteiger partial charge in [0.1, 0.15) is 5.52 Å². The Hall–Kier alpha value is -3.29. The minimum absolute atomic E-state index is 0.173. The second-order valence-electron chi connectivity index (χ2n) is 5.90. The predicted octanol–water partition coefficient (Wildman–Crippen LogP) is 1.91. The quantitative estimate of drug-likeness (QED) is 0.650. The number of anilines is 3.